The highest BCUT2D eigenvalue weighted by atomic mass is 31.2. The predicted octanol–water partition coefficient (Wildman–Crippen LogP) is 23.8. The van der Waals surface area contributed by atoms with E-state index in [9.17, 15) is 19.4 Å². The summed E-state index contributed by atoms with van der Waals surface area (Å²) in [7, 11) is 1.29. The molecule has 1 amide bonds. The lowest BCUT2D eigenvalue weighted by Crippen LogP contribution is -2.45. The van der Waals surface area contributed by atoms with Crippen LogP contribution in [0.3, 0.4) is 0 Å². The van der Waals surface area contributed by atoms with Gasteiger partial charge in [0.25, 0.3) is 7.82 Å². The normalized spacial score (nSPS) is 13.6. The minimum absolute atomic E-state index is 0.00305. The fourth-order valence-electron chi connectivity index (χ4n) is 12.1. The number of unbranched alkanes of at least 4 members (excludes halogenated alkanes) is 59. The third kappa shape index (κ3) is 68.7. The molecule has 8 nitrogen and oxygen atoms in total. The molecule has 0 saturated heterocycles. The van der Waals surface area contributed by atoms with Crippen LogP contribution in [-0.2, 0) is 18.4 Å². The highest BCUT2D eigenvalue weighted by molar-refractivity contribution is 7.45. The lowest BCUT2D eigenvalue weighted by molar-refractivity contribution is -0.870. The summed E-state index contributed by atoms with van der Waals surface area (Å²) in [6, 6.07) is -0.884. The van der Waals surface area contributed by atoms with E-state index < -0.39 is 20.0 Å². The summed E-state index contributed by atoms with van der Waals surface area (Å²) in [4.78, 5) is 25.7. The standard InChI is InChI=1S/C75H151N2O6P/c1-6-8-10-12-14-16-18-20-22-24-26-28-30-32-33-34-35-36-37-38-39-40-41-42-43-44-45-47-49-51-53-55-57-59-61-63-65-67-69-75(79)76-73(72-83-84(80,81)82-71-70-77(3,4)5)74(78)68-66-64-62-60-58-56-54-52-50-48-46-31-29-27-25-23-21-19-17-15-13-11-9-7-2/h66,68,73-74,78H,6-65,67,69-72H2,1-5H3,(H-,76,79,80,81)/b68-66+. The van der Waals surface area contributed by atoms with Crippen LogP contribution in [-0.4, -0.2) is 68.5 Å². The number of carbonyl (C=O) groups is 1. The van der Waals surface area contributed by atoms with Crippen molar-refractivity contribution >= 4 is 13.7 Å². The van der Waals surface area contributed by atoms with Gasteiger partial charge in [-0.15, -0.1) is 0 Å². The Morgan fingerprint density at radius 1 is 0.405 bits per heavy atom. The summed E-state index contributed by atoms with van der Waals surface area (Å²) in [5.41, 5.74) is 0. The van der Waals surface area contributed by atoms with E-state index in [0.29, 0.717) is 17.4 Å². The number of quaternary nitrogens is 1. The number of nitrogens with one attached hydrogen (secondary N) is 1. The lowest BCUT2D eigenvalue weighted by atomic mass is 10.0. The van der Waals surface area contributed by atoms with E-state index in [1.54, 1.807) is 6.08 Å². The summed E-state index contributed by atoms with van der Waals surface area (Å²) in [6.45, 7) is 4.73. The van der Waals surface area contributed by atoms with Crippen LogP contribution in [0.1, 0.15) is 412 Å². The summed E-state index contributed by atoms with van der Waals surface area (Å²) in [5.74, 6) is -0.186. The maximum absolute atomic E-state index is 13.1. The van der Waals surface area contributed by atoms with Gasteiger partial charge < -0.3 is 28.8 Å². The highest BCUT2D eigenvalue weighted by Gasteiger charge is 2.23. The second kappa shape index (κ2) is 66.7. The Labute approximate surface area is 526 Å². The van der Waals surface area contributed by atoms with Gasteiger partial charge in [-0.2, -0.15) is 0 Å². The maximum atomic E-state index is 13.1. The zero-order valence-corrected chi connectivity index (χ0v) is 58.5. The van der Waals surface area contributed by atoms with Gasteiger partial charge in [0.1, 0.15) is 13.2 Å². The summed E-state index contributed by atoms with van der Waals surface area (Å²) >= 11 is 0. The van der Waals surface area contributed by atoms with Crippen molar-refractivity contribution in [3.63, 3.8) is 0 Å². The van der Waals surface area contributed by atoms with Crippen molar-refractivity contribution in [2.45, 2.75) is 424 Å². The van der Waals surface area contributed by atoms with Crippen LogP contribution in [0.15, 0.2) is 12.2 Å². The molecule has 84 heavy (non-hydrogen) atoms. The van der Waals surface area contributed by atoms with Gasteiger partial charge in [-0.05, 0) is 19.3 Å². The number of likely N-dealkylation sites (N-methyl/N-ethyl adjacent to an activating group) is 1. The molecule has 3 atom stereocenters. The zero-order valence-electron chi connectivity index (χ0n) is 57.7. The summed E-state index contributed by atoms with van der Waals surface area (Å²) in [5, 5.41) is 14.0. The first-order chi connectivity index (χ1) is 41.0. The first kappa shape index (κ1) is 83.2. The van der Waals surface area contributed by atoms with E-state index in [4.69, 9.17) is 9.05 Å². The predicted molar refractivity (Wildman–Crippen MR) is 367 cm³/mol. The third-order valence-electron chi connectivity index (χ3n) is 18.0. The fourth-order valence-corrected chi connectivity index (χ4v) is 12.8. The number of carbonyl (C=O) groups excluding carboxylic acids is 1. The quantitative estimate of drug-likeness (QED) is 0.0272. The number of nitrogens with zero attached hydrogens (tertiary/aromatic N) is 1. The maximum Gasteiger partial charge on any atom is 0.268 e. The van der Waals surface area contributed by atoms with Gasteiger partial charge >= 0.3 is 0 Å². The molecule has 0 aromatic rings. The topological polar surface area (TPSA) is 108 Å². The molecule has 0 saturated carbocycles. The summed E-state index contributed by atoms with van der Waals surface area (Å²) < 4.78 is 23.5. The van der Waals surface area contributed by atoms with Crippen LogP contribution >= 0.6 is 7.82 Å². The Kier molecular flexibility index (Phi) is 66.1. The van der Waals surface area contributed by atoms with Crippen molar-refractivity contribution in [1.82, 2.24) is 5.32 Å². The Balaban J connectivity index is 3.91. The van der Waals surface area contributed by atoms with E-state index >= 15 is 0 Å². The second-order valence-corrected chi connectivity index (χ2v) is 29.1. The smallest absolute Gasteiger partial charge is 0.268 e. The van der Waals surface area contributed by atoms with Crippen molar-refractivity contribution in [3.8, 4) is 0 Å². The number of phosphoric acid groups is 1. The zero-order chi connectivity index (χ0) is 61.2. The number of aliphatic hydroxyl groups is 1. The SMILES string of the molecule is CCCCCCCCCCCCCCCCCCCCCCCC/C=C/C(O)C(COP(=O)([O-])OCC[N+](C)(C)C)NC(=O)CCCCCCCCCCCCCCCCCCCCCCCCCCCCCCCCCCCCCCCC. The molecular weight excluding hydrogens is 1060 g/mol. The first-order valence-electron chi connectivity index (χ1n) is 38.1. The van der Waals surface area contributed by atoms with Crippen LogP contribution in [0.2, 0.25) is 0 Å². The van der Waals surface area contributed by atoms with Gasteiger partial charge in [-0.25, -0.2) is 0 Å². The van der Waals surface area contributed by atoms with Crippen LogP contribution in [0, 0.1) is 0 Å². The van der Waals surface area contributed by atoms with Crippen molar-refractivity contribution < 1.29 is 32.9 Å². The molecule has 9 heteroatoms. The largest absolute Gasteiger partial charge is 0.756 e. The number of rotatable bonds is 72. The molecule has 0 aliphatic heterocycles. The first-order valence-corrected chi connectivity index (χ1v) is 39.5. The molecular formula is C75H151N2O6P. The van der Waals surface area contributed by atoms with Crippen molar-refractivity contribution in [3.05, 3.63) is 12.2 Å². The molecule has 502 valence electrons. The van der Waals surface area contributed by atoms with Gasteiger partial charge in [0.15, 0.2) is 0 Å². The van der Waals surface area contributed by atoms with Gasteiger partial charge in [-0.1, -0.05) is 398 Å². The second-order valence-electron chi connectivity index (χ2n) is 27.7. The van der Waals surface area contributed by atoms with Crippen molar-refractivity contribution in [1.29, 1.82) is 0 Å². The molecule has 3 unspecified atom stereocenters. The molecule has 0 fully saturated rings. The van der Waals surface area contributed by atoms with E-state index in [-0.39, 0.29) is 19.1 Å². The number of hydrogen-bond donors (Lipinski definition) is 2. The average molecular weight is 1210 g/mol. The van der Waals surface area contributed by atoms with E-state index in [1.165, 1.54) is 353 Å². The molecule has 0 aromatic heterocycles. The van der Waals surface area contributed by atoms with Crippen LogP contribution in [0.4, 0.5) is 0 Å². The van der Waals surface area contributed by atoms with Crippen molar-refractivity contribution in [2.24, 2.45) is 0 Å². The van der Waals surface area contributed by atoms with Gasteiger partial charge in [0.05, 0.1) is 39.9 Å². The van der Waals surface area contributed by atoms with E-state index in [1.807, 2.05) is 27.2 Å². The van der Waals surface area contributed by atoms with Gasteiger partial charge in [0, 0.05) is 6.42 Å². The number of amides is 1. The Hall–Kier alpha value is -0.760. The number of aliphatic hydroxyl groups excluding tert-OH is 1. The Morgan fingerprint density at radius 2 is 0.643 bits per heavy atom. The molecule has 0 radical (unpaired) electrons. The average Bonchev–Trinajstić information content (AvgIpc) is 3.56. The molecule has 0 aliphatic carbocycles. The Morgan fingerprint density at radius 3 is 0.893 bits per heavy atom. The van der Waals surface area contributed by atoms with Crippen LogP contribution in [0.5, 0.6) is 0 Å². The van der Waals surface area contributed by atoms with Crippen LogP contribution in [0.25, 0.3) is 0 Å². The monoisotopic (exact) mass is 1210 g/mol. The Bertz CT molecular complexity index is 1370. The van der Waals surface area contributed by atoms with Gasteiger partial charge in [0.2, 0.25) is 5.91 Å². The van der Waals surface area contributed by atoms with E-state index in [0.717, 1.165) is 38.5 Å². The highest BCUT2D eigenvalue weighted by Crippen LogP contribution is 2.38. The third-order valence-corrected chi connectivity index (χ3v) is 19.0. The van der Waals surface area contributed by atoms with Gasteiger partial charge in [-0.3, -0.25) is 9.36 Å². The minimum Gasteiger partial charge on any atom is -0.756 e. The molecule has 0 spiro atoms. The van der Waals surface area contributed by atoms with Crippen LogP contribution < -0.4 is 10.2 Å². The molecule has 0 bridgehead atoms. The number of hydrogen-bond acceptors (Lipinski definition) is 6. The molecule has 0 aliphatic rings. The van der Waals surface area contributed by atoms with Crippen molar-refractivity contribution in [2.75, 3.05) is 40.9 Å². The molecule has 0 aromatic carbocycles. The molecule has 0 rings (SSSR count). The fraction of sp³-hybridized carbons (Fsp3) is 0.960. The molecule has 2 N–H and O–H groups in total. The van der Waals surface area contributed by atoms with E-state index in [2.05, 4.69) is 19.2 Å². The molecule has 0 heterocycles. The lowest BCUT2D eigenvalue weighted by Gasteiger charge is -2.29. The number of phosphoric ester groups is 1. The summed E-state index contributed by atoms with van der Waals surface area (Å²) in [6.07, 6.45) is 86.6. The number of allylic oxidation sites excluding steroid dienone is 1. The minimum atomic E-state index is -4.60.